The van der Waals surface area contributed by atoms with Crippen LogP contribution in [0.25, 0.3) is 0 Å². The van der Waals surface area contributed by atoms with Crippen molar-refractivity contribution >= 4 is 40.4 Å². The second-order valence-electron chi connectivity index (χ2n) is 8.88. The second kappa shape index (κ2) is 7.28. The van der Waals surface area contributed by atoms with Crippen molar-refractivity contribution in [2.45, 2.75) is 12.8 Å². The molecule has 0 atom stereocenters. The van der Waals surface area contributed by atoms with Crippen LogP contribution in [-0.4, -0.2) is 6.71 Å². The lowest BCUT2D eigenvalue weighted by atomic mass is 9.32. The van der Waals surface area contributed by atoms with Gasteiger partial charge in [0.15, 0.2) is 0 Å². The van der Waals surface area contributed by atoms with Crippen LogP contribution in [0, 0.1) is 0 Å². The highest BCUT2D eigenvalue weighted by Crippen LogP contribution is 2.46. The van der Waals surface area contributed by atoms with Gasteiger partial charge in [0, 0.05) is 34.1 Å². The van der Waals surface area contributed by atoms with Crippen LogP contribution in [0.5, 0.6) is 0 Å². The Kier molecular flexibility index (Phi) is 4.10. The molecule has 2 nitrogen and oxygen atoms in total. The number of anilines is 4. The minimum Gasteiger partial charge on any atom is -0.315 e. The minimum absolute atomic E-state index is 0.249. The van der Waals surface area contributed by atoms with E-state index in [4.69, 9.17) is 0 Å². The molecule has 0 saturated carbocycles. The van der Waals surface area contributed by atoms with E-state index in [1.165, 1.54) is 50.5 Å². The summed E-state index contributed by atoms with van der Waals surface area (Å²) in [6.45, 7) is 0.249. The fourth-order valence-corrected chi connectivity index (χ4v) is 5.85. The van der Waals surface area contributed by atoms with E-state index >= 15 is 0 Å². The van der Waals surface area contributed by atoms with Gasteiger partial charge in [0.2, 0.25) is 0 Å². The van der Waals surface area contributed by atoms with Crippen LogP contribution in [0.3, 0.4) is 0 Å². The zero-order valence-corrected chi connectivity index (χ0v) is 18.4. The van der Waals surface area contributed by atoms with E-state index in [1.54, 1.807) is 0 Å². The van der Waals surface area contributed by atoms with Gasteiger partial charge in [0.25, 0.3) is 6.71 Å². The maximum atomic E-state index is 2.51. The first-order valence-electron chi connectivity index (χ1n) is 11.7. The largest absolute Gasteiger partial charge is 0.315 e. The molecule has 156 valence electrons. The lowest BCUT2D eigenvalue weighted by molar-refractivity contribution is 0.882. The van der Waals surface area contributed by atoms with Crippen LogP contribution in [0.2, 0.25) is 0 Å². The Hall–Kier alpha value is -3.98. The van der Waals surface area contributed by atoms with E-state index in [1.807, 2.05) is 0 Å². The van der Waals surface area contributed by atoms with Gasteiger partial charge in [-0.15, -0.1) is 0 Å². The summed E-state index contributed by atoms with van der Waals surface area (Å²) in [5.74, 6) is 0. The maximum Gasteiger partial charge on any atom is 0.251 e. The predicted molar refractivity (Wildman–Crippen MR) is 139 cm³/mol. The van der Waals surface area contributed by atoms with Gasteiger partial charge in [-0.25, -0.2) is 0 Å². The molecule has 1 aliphatic carbocycles. The van der Waals surface area contributed by atoms with Crippen molar-refractivity contribution in [3.8, 4) is 0 Å². The first-order chi connectivity index (χ1) is 16.4. The van der Waals surface area contributed by atoms with Crippen molar-refractivity contribution in [2.75, 3.05) is 9.80 Å². The van der Waals surface area contributed by atoms with E-state index in [2.05, 4.69) is 125 Å². The summed E-state index contributed by atoms with van der Waals surface area (Å²) in [6, 6.07) is 39.6. The monoisotopic (exact) mass is 422 g/mol. The highest BCUT2D eigenvalue weighted by atomic mass is 15.2. The Morgan fingerprint density at radius 2 is 1.06 bits per heavy atom. The zero-order valence-electron chi connectivity index (χ0n) is 18.4. The molecule has 0 aromatic heterocycles. The van der Waals surface area contributed by atoms with Gasteiger partial charge < -0.3 is 9.80 Å². The molecule has 2 aliphatic heterocycles. The number of hydrogen-bond donors (Lipinski definition) is 0. The van der Waals surface area contributed by atoms with Gasteiger partial charge in [-0.05, 0) is 65.6 Å². The van der Waals surface area contributed by atoms with Gasteiger partial charge in [0.05, 0.1) is 0 Å². The lowest BCUT2D eigenvalue weighted by Crippen LogP contribution is -2.56. The maximum absolute atomic E-state index is 2.51. The quantitative estimate of drug-likeness (QED) is 0.362. The van der Waals surface area contributed by atoms with E-state index in [0.717, 1.165) is 12.8 Å². The van der Waals surface area contributed by atoms with Crippen molar-refractivity contribution in [3.05, 3.63) is 132 Å². The molecule has 0 fully saturated rings. The second-order valence-corrected chi connectivity index (χ2v) is 8.88. The molecular formula is C30H23BN2. The van der Waals surface area contributed by atoms with Crippen LogP contribution in [0.15, 0.2) is 132 Å². The molecule has 33 heavy (non-hydrogen) atoms. The van der Waals surface area contributed by atoms with Crippen LogP contribution in [0.1, 0.15) is 12.8 Å². The number of benzene rings is 4. The Morgan fingerprint density at radius 3 is 1.70 bits per heavy atom. The molecule has 4 aromatic carbocycles. The highest BCUT2D eigenvalue weighted by molar-refractivity contribution is 6.94. The Bertz CT molecular complexity index is 1420. The Labute approximate surface area is 195 Å². The number of para-hydroxylation sites is 4. The summed E-state index contributed by atoms with van der Waals surface area (Å²) in [7, 11) is 0. The molecule has 0 N–H and O–H groups in total. The van der Waals surface area contributed by atoms with Crippen LogP contribution in [-0.2, 0) is 0 Å². The summed E-state index contributed by atoms with van der Waals surface area (Å²) in [5.41, 5.74) is 12.0. The van der Waals surface area contributed by atoms with Crippen molar-refractivity contribution < 1.29 is 0 Å². The highest BCUT2D eigenvalue weighted by Gasteiger charge is 2.45. The molecule has 0 saturated heterocycles. The Morgan fingerprint density at radius 1 is 0.545 bits per heavy atom. The van der Waals surface area contributed by atoms with E-state index in [0.29, 0.717) is 0 Å². The molecule has 4 aromatic rings. The first kappa shape index (κ1) is 18.6. The van der Waals surface area contributed by atoms with Gasteiger partial charge in [0.1, 0.15) is 0 Å². The topological polar surface area (TPSA) is 6.48 Å². The predicted octanol–water partition coefficient (Wildman–Crippen LogP) is 6.07. The van der Waals surface area contributed by atoms with Gasteiger partial charge in [-0.1, -0.05) is 78.9 Å². The number of fused-ring (bicyclic) bond motifs is 4. The summed E-state index contributed by atoms with van der Waals surface area (Å²) in [5, 5.41) is 0. The fraction of sp³-hybridized carbons (Fsp3) is 0.0667. The summed E-state index contributed by atoms with van der Waals surface area (Å²) in [6.07, 6.45) is 4.53. The zero-order chi connectivity index (χ0) is 21.8. The number of hydrogen-bond acceptors (Lipinski definition) is 2. The van der Waals surface area contributed by atoms with Crippen molar-refractivity contribution in [1.82, 2.24) is 0 Å². The third kappa shape index (κ3) is 2.69. The van der Waals surface area contributed by atoms with Gasteiger partial charge in [-0.2, -0.15) is 0 Å². The number of nitrogens with zero attached hydrogens (tertiary/aromatic N) is 2. The SMILES string of the molecule is C1=C2C3=C(CC1)N(c1ccccc1)c1ccccc1B3c1ccccc1N2c1ccccc1. The third-order valence-electron chi connectivity index (χ3n) is 7.11. The van der Waals surface area contributed by atoms with Gasteiger partial charge >= 0.3 is 0 Å². The first-order valence-corrected chi connectivity index (χ1v) is 11.7. The molecule has 0 unspecified atom stereocenters. The smallest absolute Gasteiger partial charge is 0.251 e. The van der Waals surface area contributed by atoms with Gasteiger partial charge in [-0.3, -0.25) is 0 Å². The van der Waals surface area contributed by atoms with Crippen molar-refractivity contribution in [2.24, 2.45) is 0 Å². The molecule has 0 bridgehead atoms. The minimum atomic E-state index is 0.249. The average molecular weight is 422 g/mol. The fourth-order valence-electron chi connectivity index (χ4n) is 5.85. The number of allylic oxidation sites excluding steroid dienone is 3. The van der Waals surface area contributed by atoms with Crippen molar-refractivity contribution in [3.63, 3.8) is 0 Å². The molecule has 0 amide bonds. The molecule has 7 rings (SSSR count). The van der Waals surface area contributed by atoms with E-state index < -0.39 is 0 Å². The molecular weight excluding hydrogens is 399 g/mol. The molecule has 0 radical (unpaired) electrons. The van der Waals surface area contributed by atoms with E-state index in [9.17, 15) is 0 Å². The Balaban J connectivity index is 1.56. The van der Waals surface area contributed by atoms with Crippen LogP contribution < -0.4 is 20.7 Å². The standard InChI is InChI=1S/C30H23BN2/c1-3-12-22(13-4-1)32-26-18-9-7-16-24(26)31-25-17-8-10-19-27(25)33(23-14-5-2-6-15-23)29-21-11-20-28(32)30(29)31/h1-10,12-20H,11,21H2. The normalized spacial score (nSPS) is 16.1. The number of rotatable bonds is 2. The average Bonchev–Trinajstić information content (AvgIpc) is 2.89. The summed E-state index contributed by atoms with van der Waals surface area (Å²) in [4.78, 5) is 4.97. The van der Waals surface area contributed by atoms with Crippen LogP contribution in [0.4, 0.5) is 22.7 Å². The summed E-state index contributed by atoms with van der Waals surface area (Å²) < 4.78 is 0. The van der Waals surface area contributed by atoms with Crippen molar-refractivity contribution in [1.29, 1.82) is 0 Å². The molecule has 0 spiro atoms. The molecule has 3 heteroatoms. The lowest BCUT2D eigenvalue weighted by Gasteiger charge is -2.47. The van der Waals surface area contributed by atoms with E-state index in [-0.39, 0.29) is 6.71 Å². The molecule has 2 heterocycles. The third-order valence-corrected chi connectivity index (χ3v) is 7.11. The molecule has 3 aliphatic rings. The summed E-state index contributed by atoms with van der Waals surface area (Å²) >= 11 is 0. The van der Waals surface area contributed by atoms with Crippen LogP contribution >= 0.6 is 0 Å².